The number of carbonyl (C=O) groups excluding carboxylic acids is 1. The molecule has 0 saturated carbocycles. The van der Waals surface area contributed by atoms with Crippen molar-refractivity contribution in [2.75, 3.05) is 6.54 Å². The number of halogens is 1. The second-order valence-corrected chi connectivity index (χ2v) is 6.58. The first kappa shape index (κ1) is 15.8. The van der Waals surface area contributed by atoms with Crippen LogP contribution in [0.15, 0.2) is 18.5 Å². The van der Waals surface area contributed by atoms with Crippen LogP contribution in [0, 0.1) is 0 Å². The van der Waals surface area contributed by atoms with Gasteiger partial charge in [-0.2, -0.15) is 0 Å². The van der Waals surface area contributed by atoms with Crippen LogP contribution in [-0.4, -0.2) is 39.1 Å². The van der Waals surface area contributed by atoms with Crippen molar-refractivity contribution in [3.63, 3.8) is 0 Å². The van der Waals surface area contributed by atoms with Crippen LogP contribution in [0.3, 0.4) is 0 Å². The second kappa shape index (κ2) is 6.02. The largest absolute Gasteiger partial charge is 0.444 e. The quantitative estimate of drug-likeness (QED) is 0.796. The van der Waals surface area contributed by atoms with E-state index in [9.17, 15) is 4.79 Å². The monoisotopic (exact) mass is 309 g/mol. The molecular formula is C15H20ClN3O2. The molecule has 2 heterocycles. The third kappa shape index (κ3) is 4.17. The van der Waals surface area contributed by atoms with Crippen LogP contribution >= 0.6 is 11.6 Å². The molecule has 1 aliphatic rings. The predicted octanol–water partition coefficient (Wildman–Crippen LogP) is 3.54. The molecule has 0 spiro atoms. The molecule has 1 atom stereocenters. The van der Waals surface area contributed by atoms with Crippen LogP contribution < -0.4 is 0 Å². The van der Waals surface area contributed by atoms with E-state index >= 15 is 0 Å². The Morgan fingerprint density at radius 1 is 1.38 bits per heavy atom. The SMILES string of the molecule is C[C@H]1CC(c2ncc(Cl)cn2)=CCN1C(=O)OC(C)(C)C. The van der Waals surface area contributed by atoms with Gasteiger partial charge in [0.15, 0.2) is 5.82 Å². The maximum Gasteiger partial charge on any atom is 0.410 e. The lowest BCUT2D eigenvalue weighted by Gasteiger charge is -2.34. The van der Waals surface area contributed by atoms with Gasteiger partial charge < -0.3 is 9.64 Å². The van der Waals surface area contributed by atoms with Gasteiger partial charge in [0.25, 0.3) is 0 Å². The Bertz CT molecular complexity index is 549. The van der Waals surface area contributed by atoms with Gasteiger partial charge in [0.2, 0.25) is 0 Å². The Kier molecular flexibility index (Phi) is 4.52. The predicted molar refractivity (Wildman–Crippen MR) is 82.0 cm³/mol. The van der Waals surface area contributed by atoms with Crippen molar-refractivity contribution < 1.29 is 9.53 Å². The van der Waals surface area contributed by atoms with Crippen molar-refractivity contribution >= 4 is 23.3 Å². The number of hydrogen-bond donors (Lipinski definition) is 0. The number of hydrogen-bond acceptors (Lipinski definition) is 4. The van der Waals surface area contributed by atoms with Gasteiger partial charge in [-0.15, -0.1) is 0 Å². The molecular weight excluding hydrogens is 290 g/mol. The fourth-order valence-electron chi connectivity index (χ4n) is 2.14. The summed E-state index contributed by atoms with van der Waals surface area (Å²) in [5.41, 5.74) is 0.541. The molecule has 0 saturated heterocycles. The molecule has 0 unspecified atom stereocenters. The van der Waals surface area contributed by atoms with Crippen LogP contribution in [0.5, 0.6) is 0 Å². The molecule has 0 N–H and O–H groups in total. The van der Waals surface area contributed by atoms with Gasteiger partial charge >= 0.3 is 6.09 Å². The first-order valence-electron chi connectivity index (χ1n) is 6.93. The van der Waals surface area contributed by atoms with E-state index in [1.165, 1.54) is 0 Å². The van der Waals surface area contributed by atoms with Crippen LogP contribution in [0.1, 0.15) is 39.9 Å². The zero-order chi connectivity index (χ0) is 15.6. The minimum atomic E-state index is -0.486. The summed E-state index contributed by atoms with van der Waals surface area (Å²) in [7, 11) is 0. The minimum Gasteiger partial charge on any atom is -0.444 e. The van der Waals surface area contributed by atoms with E-state index in [0.29, 0.717) is 23.8 Å². The van der Waals surface area contributed by atoms with E-state index in [-0.39, 0.29) is 12.1 Å². The van der Waals surface area contributed by atoms with E-state index in [1.807, 2.05) is 33.8 Å². The van der Waals surface area contributed by atoms with Crippen molar-refractivity contribution in [2.24, 2.45) is 0 Å². The summed E-state index contributed by atoms with van der Waals surface area (Å²) in [6.07, 6.45) is 5.53. The van der Waals surface area contributed by atoms with E-state index in [2.05, 4.69) is 9.97 Å². The summed E-state index contributed by atoms with van der Waals surface area (Å²) < 4.78 is 5.41. The Morgan fingerprint density at radius 2 is 2.00 bits per heavy atom. The highest BCUT2D eigenvalue weighted by Gasteiger charge is 2.29. The summed E-state index contributed by atoms with van der Waals surface area (Å²) in [6.45, 7) is 8.08. The van der Waals surface area contributed by atoms with Crippen molar-refractivity contribution in [2.45, 2.75) is 45.8 Å². The molecule has 1 amide bonds. The number of nitrogens with zero attached hydrogens (tertiary/aromatic N) is 3. The maximum atomic E-state index is 12.1. The van der Waals surface area contributed by atoms with Gasteiger partial charge in [0, 0.05) is 25.0 Å². The Balaban J connectivity index is 2.09. The number of rotatable bonds is 1. The lowest BCUT2D eigenvalue weighted by molar-refractivity contribution is 0.0198. The number of ether oxygens (including phenoxy) is 1. The second-order valence-electron chi connectivity index (χ2n) is 6.14. The summed E-state index contributed by atoms with van der Waals surface area (Å²) in [4.78, 5) is 22.3. The van der Waals surface area contributed by atoms with Crippen molar-refractivity contribution in [3.8, 4) is 0 Å². The smallest absolute Gasteiger partial charge is 0.410 e. The highest BCUT2D eigenvalue weighted by Crippen LogP contribution is 2.25. The first-order chi connectivity index (χ1) is 9.76. The molecule has 0 bridgehead atoms. The Labute approximate surface area is 130 Å². The molecule has 1 aliphatic heterocycles. The lowest BCUT2D eigenvalue weighted by Crippen LogP contribution is -2.44. The summed E-state index contributed by atoms with van der Waals surface area (Å²) >= 11 is 5.79. The number of amides is 1. The van der Waals surface area contributed by atoms with Crippen molar-refractivity contribution in [1.82, 2.24) is 14.9 Å². The topological polar surface area (TPSA) is 55.3 Å². The molecule has 1 aromatic rings. The highest BCUT2D eigenvalue weighted by molar-refractivity contribution is 6.30. The Hall–Kier alpha value is -1.62. The van der Waals surface area contributed by atoms with Crippen molar-refractivity contribution in [3.05, 3.63) is 29.3 Å². The highest BCUT2D eigenvalue weighted by atomic mass is 35.5. The molecule has 1 aromatic heterocycles. The van der Waals surface area contributed by atoms with E-state index in [0.717, 1.165) is 5.57 Å². The normalized spacial score (nSPS) is 19.2. The fourth-order valence-corrected chi connectivity index (χ4v) is 2.23. The minimum absolute atomic E-state index is 0.0409. The summed E-state index contributed by atoms with van der Waals surface area (Å²) in [5, 5.41) is 0.513. The van der Waals surface area contributed by atoms with Crippen LogP contribution in [0.25, 0.3) is 5.57 Å². The molecule has 0 fully saturated rings. The van der Waals surface area contributed by atoms with E-state index in [1.54, 1.807) is 17.3 Å². The zero-order valence-electron chi connectivity index (χ0n) is 12.8. The van der Waals surface area contributed by atoms with Crippen LogP contribution in [0.4, 0.5) is 4.79 Å². The van der Waals surface area contributed by atoms with Crippen LogP contribution in [0.2, 0.25) is 5.02 Å². The number of carbonyl (C=O) groups is 1. The standard InChI is InChI=1S/C15H20ClN3O2/c1-10-7-11(13-17-8-12(16)9-18-13)5-6-19(10)14(20)21-15(2,3)4/h5,8-10H,6-7H2,1-4H3/t10-/m0/s1. The first-order valence-corrected chi connectivity index (χ1v) is 7.30. The fraction of sp³-hybridized carbons (Fsp3) is 0.533. The van der Waals surface area contributed by atoms with Gasteiger partial charge in [-0.05, 0) is 39.7 Å². The lowest BCUT2D eigenvalue weighted by atomic mass is 10.0. The van der Waals surface area contributed by atoms with Gasteiger partial charge in [0.05, 0.1) is 5.02 Å². The third-order valence-corrected chi connectivity index (χ3v) is 3.31. The van der Waals surface area contributed by atoms with E-state index < -0.39 is 5.60 Å². The van der Waals surface area contributed by atoms with Crippen LogP contribution in [-0.2, 0) is 4.74 Å². The van der Waals surface area contributed by atoms with E-state index in [4.69, 9.17) is 16.3 Å². The molecule has 5 nitrogen and oxygen atoms in total. The number of aromatic nitrogens is 2. The molecule has 114 valence electrons. The summed E-state index contributed by atoms with van der Waals surface area (Å²) in [6, 6.07) is 0.0409. The molecule has 0 radical (unpaired) electrons. The van der Waals surface area contributed by atoms with Gasteiger partial charge in [0.1, 0.15) is 5.60 Å². The molecule has 6 heteroatoms. The molecule has 0 aliphatic carbocycles. The van der Waals surface area contributed by atoms with Gasteiger partial charge in [-0.25, -0.2) is 14.8 Å². The Morgan fingerprint density at radius 3 is 2.52 bits per heavy atom. The van der Waals surface area contributed by atoms with Gasteiger partial charge in [-0.3, -0.25) is 0 Å². The average Bonchev–Trinajstić information content (AvgIpc) is 2.37. The third-order valence-electron chi connectivity index (χ3n) is 3.12. The average molecular weight is 310 g/mol. The molecule has 2 rings (SSSR count). The summed E-state index contributed by atoms with van der Waals surface area (Å²) in [5.74, 6) is 0.662. The molecule has 0 aromatic carbocycles. The van der Waals surface area contributed by atoms with Crippen molar-refractivity contribution in [1.29, 1.82) is 0 Å². The zero-order valence-corrected chi connectivity index (χ0v) is 13.5. The maximum absolute atomic E-state index is 12.1. The van der Waals surface area contributed by atoms with Gasteiger partial charge in [-0.1, -0.05) is 17.7 Å². The molecule has 21 heavy (non-hydrogen) atoms.